The highest BCUT2D eigenvalue weighted by Crippen LogP contribution is 2.33. The standard InChI is InChI=1S/C16H17FO3/c1-10-4-5-11(8-14(10)17)16(18)13-7-6-12(19-2)9-15(13)20-3/h4-9,16,18H,1-3H3. The van der Waals surface area contributed by atoms with Crippen LogP contribution in [0, 0.1) is 12.7 Å². The fourth-order valence-corrected chi connectivity index (χ4v) is 2.00. The van der Waals surface area contributed by atoms with Gasteiger partial charge in [0.2, 0.25) is 0 Å². The average molecular weight is 276 g/mol. The Morgan fingerprint density at radius 3 is 2.40 bits per heavy atom. The summed E-state index contributed by atoms with van der Waals surface area (Å²) >= 11 is 0. The van der Waals surface area contributed by atoms with Crippen molar-refractivity contribution in [3.8, 4) is 11.5 Å². The molecule has 0 radical (unpaired) electrons. The van der Waals surface area contributed by atoms with E-state index >= 15 is 0 Å². The van der Waals surface area contributed by atoms with Gasteiger partial charge >= 0.3 is 0 Å². The van der Waals surface area contributed by atoms with Crippen LogP contribution in [0.15, 0.2) is 36.4 Å². The Morgan fingerprint density at radius 2 is 1.80 bits per heavy atom. The summed E-state index contributed by atoms with van der Waals surface area (Å²) in [7, 11) is 3.07. The molecule has 1 unspecified atom stereocenters. The summed E-state index contributed by atoms with van der Waals surface area (Å²) in [4.78, 5) is 0. The third-order valence-electron chi connectivity index (χ3n) is 3.25. The molecule has 106 valence electrons. The summed E-state index contributed by atoms with van der Waals surface area (Å²) in [6, 6.07) is 9.80. The van der Waals surface area contributed by atoms with Gasteiger partial charge in [0.15, 0.2) is 0 Å². The summed E-state index contributed by atoms with van der Waals surface area (Å²) in [6.45, 7) is 1.68. The van der Waals surface area contributed by atoms with Gasteiger partial charge in [-0.2, -0.15) is 0 Å². The van der Waals surface area contributed by atoms with Crippen molar-refractivity contribution in [2.75, 3.05) is 14.2 Å². The maximum atomic E-state index is 13.6. The summed E-state index contributed by atoms with van der Waals surface area (Å²) < 4.78 is 24.0. The maximum Gasteiger partial charge on any atom is 0.128 e. The molecule has 0 aromatic heterocycles. The van der Waals surface area contributed by atoms with Crippen LogP contribution in [-0.2, 0) is 0 Å². The van der Waals surface area contributed by atoms with E-state index in [4.69, 9.17) is 9.47 Å². The van der Waals surface area contributed by atoms with Crippen molar-refractivity contribution in [1.82, 2.24) is 0 Å². The molecule has 0 amide bonds. The normalized spacial score (nSPS) is 12.1. The molecule has 0 saturated heterocycles. The van der Waals surface area contributed by atoms with E-state index in [1.165, 1.54) is 13.2 Å². The Bertz CT molecular complexity index is 611. The van der Waals surface area contributed by atoms with E-state index in [-0.39, 0.29) is 5.82 Å². The van der Waals surface area contributed by atoms with Gasteiger partial charge in [0, 0.05) is 11.6 Å². The minimum atomic E-state index is -0.953. The molecule has 4 heteroatoms. The van der Waals surface area contributed by atoms with Crippen molar-refractivity contribution in [1.29, 1.82) is 0 Å². The van der Waals surface area contributed by atoms with E-state index in [1.807, 2.05) is 0 Å². The molecule has 0 aliphatic carbocycles. The van der Waals surface area contributed by atoms with Gasteiger partial charge < -0.3 is 14.6 Å². The average Bonchev–Trinajstić information content (AvgIpc) is 2.48. The second-order valence-corrected chi connectivity index (χ2v) is 4.52. The molecule has 2 rings (SSSR count). The van der Waals surface area contributed by atoms with E-state index in [0.29, 0.717) is 28.2 Å². The molecule has 0 bridgehead atoms. The topological polar surface area (TPSA) is 38.7 Å². The lowest BCUT2D eigenvalue weighted by Crippen LogP contribution is -2.03. The van der Waals surface area contributed by atoms with Gasteiger partial charge in [-0.15, -0.1) is 0 Å². The first-order valence-corrected chi connectivity index (χ1v) is 6.23. The van der Waals surface area contributed by atoms with E-state index in [2.05, 4.69) is 0 Å². The molecule has 0 saturated carbocycles. The van der Waals surface area contributed by atoms with Crippen LogP contribution in [0.1, 0.15) is 22.8 Å². The van der Waals surface area contributed by atoms with Crippen molar-refractivity contribution >= 4 is 0 Å². The Labute approximate surface area is 117 Å². The van der Waals surface area contributed by atoms with Crippen LogP contribution < -0.4 is 9.47 Å². The van der Waals surface area contributed by atoms with Gasteiger partial charge in [0.25, 0.3) is 0 Å². The van der Waals surface area contributed by atoms with E-state index < -0.39 is 6.10 Å². The summed E-state index contributed by atoms with van der Waals surface area (Å²) in [5, 5.41) is 10.4. The molecule has 0 heterocycles. The number of aliphatic hydroxyl groups is 1. The molecule has 0 fully saturated rings. The van der Waals surface area contributed by atoms with Crippen LogP contribution in [0.3, 0.4) is 0 Å². The number of benzene rings is 2. The molecular formula is C16H17FO3. The van der Waals surface area contributed by atoms with Crippen LogP contribution >= 0.6 is 0 Å². The van der Waals surface area contributed by atoms with Gasteiger partial charge in [-0.25, -0.2) is 4.39 Å². The molecule has 0 aliphatic heterocycles. The summed E-state index contributed by atoms with van der Waals surface area (Å²) in [5.74, 6) is 0.791. The second-order valence-electron chi connectivity index (χ2n) is 4.52. The Kier molecular flexibility index (Phi) is 4.25. The van der Waals surface area contributed by atoms with Crippen molar-refractivity contribution < 1.29 is 19.0 Å². The number of ether oxygens (including phenoxy) is 2. The quantitative estimate of drug-likeness (QED) is 0.931. The first-order valence-electron chi connectivity index (χ1n) is 6.23. The Hall–Kier alpha value is -2.07. The van der Waals surface area contributed by atoms with Crippen molar-refractivity contribution in [3.63, 3.8) is 0 Å². The van der Waals surface area contributed by atoms with Gasteiger partial charge in [-0.05, 0) is 36.2 Å². The first kappa shape index (κ1) is 14.3. The number of halogens is 1. The molecular weight excluding hydrogens is 259 g/mol. The molecule has 1 atom stereocenters. The minimum absolute atomic E-state index is 0.339. The Balaban J connectivity index is 2.41. The van der Waals surface area contributed by atoms with Crippen molar-refractivity contribution in [3.05, 3.63) is 58.9 Å². The van der Waals surface area contributed by atoms with Crippen LogP contribution in [-0.4, -0.2) is 19.3 Å². The Morgan fingerprint density at radius 1 is 1.05 bits per heavy atom. The van der Waals surface area contributed by atoms with Crippen molar-refractivity contribution in [2.24, 2.45) is 0 Å². The summed E-state index contributed by atoms with van der Waals surface area (Å²) in [6.07, 6.45) is -0.953. The van der Waals surface area contributed by atoms with E-state index in [1.54, 1.807) is 44.4 Å². The molecule has 2 aromatic rings. The number of hydrogen-bond acceptors (Lipinski definition) is 3. The predicted octanol–water partition coefficient (Wildman–Crippen LogP) is 3.23. The fourth-order valence-electron chi connectivity index (χ4n) is 2.00. The molecule has 20 heavy (non-hydrogen) atoms. The summed E-state index contributed by atoms with van der Waals surface area (Å²) in [5.41, 5.74) is 1.59. The number of methoxy groups -OCH3 is 2. The van der Waals surface area contributed by atoms with Crippen LogP contribution in [0.4, 0.5) is 4.39 Å². The molecule has 3 nitrogen and oxygen atoms in total. The maximum absolute atomic E-state index is 13.6. The lowest BCUT2D eigenvalue weighted by atomic mass is 9.99. The van der Waals surface area contributed by atoms with Crippen LogP contribution in [0.25, 0.3) is 0 Å². The number of aryl methyl sites for hydroxylation is 1. The van der Waals surface area contributed by atoms with Gasteiger partial charge in [-0.1, -0.05) is 12.1 Å². The third kappa shape index (κ3) is 2.75. The largest absolute Gasteiger partial charge is 0.497 e. The van der Waals surface area contributed by atoms with E-state index in [0.717, 1.165) is 0 Å². The molecule has 0 spiro atoms. The monoisotopic (exact) mass is 276 g/mol. The van der Waals surface area contributed by atoms with Gasteiger partial charge in [0.1, 0.15) is 23.4 Å². The number of hydrogen-bond donors (Lipinski definition) is 1. The molecule has 1 N–H and O–H groups in total. The molecule has 0 aliphatic rings. The van der Waals surface area contributed by atoms with Gasteiger partial charge in [-0.3, -0.25) is 0 Å². The van der Waals surface area contributed by atoms with Gasteiger partial charge in [0.05, 0.1) is 14.2 Å². The van der Waals surface area contributed by atoms with Crippen molar-refractivity contribution in [2.45, 2.75) is 13.0 Å². The van der Waals surface area contributed by atoms with Crippen LogP contribution in [0.2, 0.25) is 0 Å². The predicted molar refractivity (Wildman–Crippen MR) is 74.7 cm³/mol. The highest BCUT2D eigenvalue weighted by molar-refractivity contribution is 5.45. The zero-order valence-corrected chi connectivity index (χ0v) is 11.7. The zero-order chi connectivity index (χ0) is 14.7. The smallest absolute Gasteiger partial charge is 0.128 e. The number of aliphatic hydroxyl groups excluding tert-OH is 1. The zero-order valence-electron chi connectivity index (χ0n) is 11.7. The van der Waals surface area contributed by atoms with E-state index in [9.17, 15) is 9.50 Å². The molecule has 2 aromatic carbocycles. The highest BCUT2D eigenvalue weighted by Gasteiger charge is 2.17. The minimum Gasteiger partial charge on any atom is -0.497 e. The highest BCUT2D eigenvalue weighted by atomic mass is 19.1. The first-order chi connectivity index (χ1) is 9.56. The second kappa shape index (κ2) is 5.92. The lowest BCUT2D eigenvalue weighted by molar-refractivity contribution is 0.214. The SMILES string of the molecule is COc1ccc(C(O)c2ccc(C)c(F)c2)c(OC)c1. The number of rotatable bonds is 4. The lowest BCUT2D eigenvalue weighted by Gasteiger charge is -2.16. The fraction of sp³-hybridized carbons (Fsp3) is 0.250. The van der Waals surface area contributed by atoms with Crippen LogP contribution in [0.5, 0.6) is 11.5 Å². The third-order valence-corrected chi connectivity index (χ3v) is 3.25.